The first-order valence-corrected chi connectivity index (χ1v) is 6.59. The number of aryl methyl sites for hydroxylation is 1. The Morgan fingerprint density at radius 2 is 2.05 bits per heavy atom. The molecule has 1 aliphatic rings. The number of carbonyl (C=O) groups is 2. The number of aliphatic carboxylic acids is 1. The number of nitrogens with zero attached hydrogens (tertiary/aromatic N) is 2. The van der Waals surface area contributed by atoms with Crippen LogP contribution in [0.15, 0.2) is 18.2 Å². The summed E-state index contributed by atoms with van der Waals surface area (Å²) >= 11 is 0. The van der Waals surface area contributed by atoms with Gasteiger partial charge < -0.3 is 10.0 Å². The van der Waals surface area contributed by atoms with Crippen LogP contribution in [-0.2, 0) is 4.79 Å². The highest BCUT2D eigenvalue weighted by atomic mass is 16.6. The molecule has 0 saturated carbocycles. The molecule has 1 aliphatic heterocycles. The highest BCUT2D eigenvalue weighted by Gasteiger charge is 2.39. The van der Waals surface area contributed by atoms with E-state index < -0.39 is 22.7 Å². The third-order valence-electron chi connectivity index (χ3n) is 3.94. The summed E-state index contributed by atoms with van der Waals surface area (Å²) in [6, 6.07) is 4.62. The minimum Gasteiger partial charge on any atom is -0.481 e. The fourth-order valence-electron chi connectivity index (χ4n) is 2.44. The number of carbonyl (C=O) groups excluding carboxylic acids is 1. The summed E-state index contributed by atoms with van der Waals surface area (Å²) in [7, 11) is 0. The Balaban J connectivity index is 2.15. The number of nitro groups is 1. The van der Waals surface area contributed by atoms with E-state index in [9.17, 15) is 19.7 Å². The molecule has 1 unspecified atom stereocenters. The van der Waals surface area contributed by atoms with Gasteiger partial charge >= 0.3 is 5.97 Å². The van der Waals surface area contributed by atoms with Crippen LogP contribution >= 0.6 is 0 Å². The SMILES string of the molecule is Cc1cccc(C(=O)N2CC(C(C)C(=O)O)C2)c1[N+](=O)[O-]. The number of carboxylic acid groups (broad SMARTS) is 1. The van der Waals surface area contributed by atoms with Crippen molar-refractivity contribution in [2.24, 2.45) is 11.8 Å². The third-order valence-corrected chi connectivity index (χ3v) is 3.94. The molecule has 0 radical (unpaired) electrons. The molecule has 0 spiro atoms. The average Bonchev–Trinajstić information content (AvgIpc) is 2.35. The van der Waals surface area contributed by atoms with Crippen molar-refractivity contribution < 1.29 is 19.6 Å². The van der Waals surface area contributed by atoms with Crippen molar-refractivity contribution in [3.63, 3.8) is 0 Å². The minimum absolute atomic E-state index is 0.0569. The molecule has 7 heteroatoms. The molecule has 1 saturated heterocycles. The molecule has 21 heavy (non-hydrogen) atoms. The number of hydrogen-bond acceptors (Lipinski definition) is 4. The molecule has 1 aromatic carbocycles. The minimum atomic E-state index is -0.895. The maximum Gasteiger partial charge on any atom is 0.306 e. The van der Waals surface area contributed by atoms with Gasteiger partial charge in [-0.3, -0.25) is 19.7 Å². The van der Waals surface area contributed by atoms with Crippen LogP contribution in [0.3, 0.4) is 0 Å². The normalized spacial score (nSPS) is 16.2. The molecular weight excluding hydrogens is 276 g/mol. The summed E-state index contributed by atoms with van der Waals surface area (Å²) in [5.41, 5.74) is 0.306. The Morgan fingerprint density at radius 3 is 2.57 bits per heavy atom. The van der Waals surface area contributed by atoms with Gasteiger partial charge in [0.2, 0.25) is 0 Å². The molecule has 1 N–H and O–H groups in total. The van der Waals surface area contributed by atoms with Crippen molar-refractivity contribution >= 4 is 17.6 Å². The Kier molecular flexibility index (Phi) is 3.93. The quantitative estimate of drug-likeness (QED) is 0.672. The number of amides is 1. The first kappa shape index (κ1) is 15.0. The fourth-order valence-corrected chi connectivity index (χ4v) is 2.44. The molecule has 0 aromatic heterocycles. The first-order chi connectivity index (χ1) is 9.82. The fraction of sp³-hybridized carbons (Fsp3) is 0.429. The topological polar surface area (TPSA) is 101 Å². The molecule has 1 aromatic rings. The Labute approximate surface area is 121 Å². The second-order valence-corrected chi connectivity index (χ2v) is 5.33. The number of benzene rings is 1. The van der Waals surface area contributed by atoms with Crippen LogP contribution in [0.25, 0.3) is 0 Å². The van der Waals surface area contributed by atoms with E-state index in [1.165, 1.54) is 11.0 Å². The highest BCUT2D eigenvalue weighted by Crippen LogP contribution is 2.29. The number of likely N-dealkylation sites (tertiary alicyclic amines) is 1. The van der Waals surface area contributed by atoms with Crippen LogP contribution in [0, 0.1) is 28.9 Å². The van der Waals surface area contributed by atoms with Gasteiger partial charge in [0.15, 0.2) is 0 Å². The lowest BCUT2D eigenvalue weighted by Gasteiger charge is -2.41. The van der Waals surface area contributed by atoms with Crippen LogP contribution in [0.2, 0.25) is 0 Å². The Morgan fingerprint density at radius 1 is 1.43 bits per heavy atom. The summed E-state index contributed by atoms with van der Waals surface area (Å²) in [6.45, 7) is 3.82. The van der Waals surface area contributed by atoms with E-state index in [1.54, 1.807) is 26.0 Å². The summed E-state index contributed by atoms with van der Waals surface area (Å²) in [6.07, 6.45) is 0. The zero-order valence-corrected chi connectivity index (χ0v) is 11.8. The van der Waals surface area contributed by atoms with Gasteiger partial charge in [-0.05, 0) is 13.0 Å². The second-order valence-electron chi connectivity index (χ2n) is 5.33. The van der Waals surface area contributed by atoms with Crippen LogP contribution in [0.5, 0.6) is 0 Å². The van der Waals surface area contributed by atoms with Gasteiger partial charge in [0, 0.05) is 24.6 Å². The molecule has 1 amide bonds. The Hall–Kier alpha value is -2.44. The van der Waals surface area contributed by atoms with E-state index >= 15 is 0 Å². The second kappa shape index (κ2) is 5.51. The lowest BCUT2D eigenvalue weighted by atomic mass is 9.86. The molecule has 7 nitrogen and oxygen atoms in total. The van der Waals surface area contributed by atoms with Gasteiger partial charge in [-0.15, -0.1) is 0 Å². The first-order valence-electron chi connectivity index (χ1n) is 6.59. The van der Waals surface area contributed by atoms with Gasteiger partial charge in [0.25, 0.3) is 11.6 Å². The Bertz CT molecular complexity index is 607. The molecule has 0 bridgehead atoms. The third kappa shape index (κ3) is 2.72. The lowest BCUT2D eigenvalue weighted by Crippen LogP contribution is -2.53. The van der Waals surface area contributed by atoms with Crippen molar-refractivity contribution in [1.82, 2.24) is 4.90 Å². The zero-order chi connectivity index (χ0) is 15.7. The number of carboxylic acids is 1. The number of hydrogen-bond donors (Lipinski definition) is 1. The van der Waals surface area contributed by atoms with Crippen LogP contribution in [-0.4, -0.2) is 39.9 Å². The standard InChI is InChI=1S/C14H16N2O5/c1-8-4-3-5-11(12(8)16(20)21)13(17)15-6-10(7-15)9(2)14(18)19/h3-5,9-10H,6-7H2,1-2H3,(H,18,19). The van der Waals surface area contributed by atoms with Crippen molar-refractivity contribution in [3.05, 3.63) is 39.4 Å². The molecule has 0 aliphatic carbocycles. The van der Waals surface area contributed by atoms with E-state index in [0.717, 1.165) is 0 Å². The molecular formula is C14H16N2O5. The number of rotatable bonds is 4. The van der Waals surface area contributed by atoms with Crippen LogP contribution in [0.1, 0.15) is 22.8 Å². The van der Waals surface area contributed by atoms with Crippen molar-refractivity contribution in [1.29, 1.82) is 0 Å². The van der Waals surface area contributed by atoms with E-state index in [4.69, 9.17) is 5.11 Å². The van der Waals surface area contributed by atoms with Gasteiger partial charge in [-0.2, -0.15) is 0 Å². The van der Waals surface area contributed by atoms with Crippen molar-refractivity contribution in [2.75, 3.05) is 13.1 Å². The lowest BCUT2D eigenvalue weighted by molar-refractivity contribution is -0.385. The number of nitro benzene ring substituents is 1. The van der Waals surface area contributed by atoms with E-state index in [0.29, 0.717) is 18.7 Å². The maximum absolute atomic E-state index is 12.3. The average molecular weight is 292 g/mol. The van der Waals surface area contributed by atoms with E-state index in [1.807, 2.05) is 0 Å². The summed E-state index contributed by atoms with van der Waals surface area (Å²) < 4.78 is 0. The monoisotopic (exact) mass is 292 g/mol. The van der Waals surface area contributed by atoms with E-state index in [-0.39, 0.29) is 17.2 Å². The van der Waals surface area contributed by atoms with Crippen LogP contribution < -0.4 is 0 Å². The smallest absolute Gasteiger partial charge is 0.306 e. The summed E-state index contributed by atoms with van der Waals surface area (Å²) in [5.74, 6) is -1.94. The van der Waals surface area contributed by atoms with Gasteiger partial charge in [-0.25, -0.2) is 0 Å². The largest absolute Gasteiger partial charge is 0.481 e. The summed E-state index contributed by atoms with van der Waals surface area (Å²) in [5, 5.41) is 20.0. The molecule has 1 fully saturated rings. The molecule has 1 atom stereocenters. The summed E-state index contributed by atoms with van der Waals surface area (Å²) in [4.78, 5) is 35.2. The van der Waals surface area contributed by atoms with Crippen molar-refractivity contribution in [2.45, 2.75) is 13.8 Å². The molecule has 1 heterocycles. The van der Waals surface area contributed by atoms with Gasteiger partial charge in [0.1, 0.15) is 5.56 Å². The molecule has 112 valence electrons. The van der Waals surface area contributed by atoms with Crippen LogP contribution in [0.4, 0.5) is 5.69 Å². The number of para-hydroxylation sites is 1. The molecule has 2 rings (SSSR count). The van der Waals surface area contributed by atoms with Crippen molar-refractivity contribution in [3.8, 4) is 0 Å². The zero-order valence-electron chi connectivity index (χ0n) is 11.8. The predicted molar refractivity (Wildman–Crippen MR) is 74.0 cm³/mol. The van der Waals surface area contributed by atoms with Gasteiger partial charge in [0.05, 0.1) is 10.8 Å². The predicted octanol–water partition coefficient (Wildman–Crippen LogP) is 1.70. The highest BCUT2D eigenvalue weighted by molar-refractivity contribution is 5.99. The van der Waals surface area contributed by atoms with E-state index in [2.05, 4.69) is 0 Å². The maximum atomic E-state index is 12.3. The van der Waals surface area contributed by atoms with Gasteiger partial charge in [-0.1, -0.05) is 19.1 Å².